The lowest BCUT2D eigenvalue weighted by Gasteiger charge is -2.11. The molecule has 130 valence electrons. The van der Waals surface area contributed by atoms with E-state index in [0.29, 0.717) is 22.9 Å². The fourth-order valence-corrected chi connectivity index (χ4v) is 2.96. The van der Waals surface area contributed by atoms with Gasteiger partial charge in [0.05, 0.1) is 6.42 Å². The van der Waals surface area contributed by atoms with Crippen LogP contribution in [0.5, 0.6) is 5.75 Å². The summed E-state index contributed by atoms with van der Waals surface area (Å²) < 4.78 is 5.82. The second-order valence-corrected chi connectivity index (χ2v) is 12.0. The first-order valence-electron chi connectivity index (χ1n) is 7.98. The number of hydrogen-bond donors (Lipinski definition) is 1. The molecule has 0 saturated heterocycles. The lowest BCUT2D eigenvalue weighted by atomic mass is 10.1. The first-order valence-corrected chi connectivity index (χ1v) is 11.9. The maximum atomic E-state index is 11.0. The number of aliphatic carboxylic acids is 1. The maximum absolute atomic E-state index is 11.0. The quantitative estimate of drug-likeness (QED) is 0.607. The monoisotopic (exact) mass is 372 g/mol. The molecule has 0 unspecified atom stereocenters. The van der Waals surface area contributed by atoms with Gasteiger partial charge in [-0.3, -0.25) is 4.79 Å². The largest absolute Gasteiger partial charge is 0.489 e. The van der Waals surface area contributed by atoms with Crippen molar-refractivity contribution < 1.29 is 14.6 Å². The van der Waals surface area contributed by atoms with E-state index in [4.69, 9.17) is 21.4 Å². The molecule has 0 heterocycles. The zero-order valence-corrected chi connectivity index (χ0v) is 16.4. The summed E-state index contributed by atoms with van der Waals surface area (Å²) in [6.45, 7) is 6.87. The van der Waals surface area contributed by atoms with Gasteiger partial charge in [-0.05, 0) is 29.8 Å². The second kappa shape index (κ2) is 8.24. The average molecular weight is 373 g/mol. The van der Waals surface area contributed by atoms with Crippen LogP contribution in [0.2, 0.25) is 24.7 Å². The van der Waals surface area contributed by atoms with Crippen LogP contribution >= 0.6 is 11.6 Å². The smallest absolute Gasteiger partial charge is 0.307 e. The molecule has 0 amide bonds. The summed E-state index contributed by atoms with van der Waals surface area (Å²) in [6, 6.07) is 12.8. The highest BCUT2D eigenvalue weighted by Crippen LogP contribution is 2.21. The molecule has 0 saturated carbocycles. The summed E-state index contributed by atoms with van der Waals surface area (Å²) in [6.07, 6.45) is -0.0708. The second-order valence-electron chi connectivity index (χ2n) is 6.82. The van der Waals surface area contributed by atoms with E-state index in [9.17, 15) is 4.79 Å². The molecule has 0 fully saturated rings. The van der Waals surface area contributed by atoms with Gasteiger partial charge in [0.1, 0.15) is 20.4 Å². The minimum absolute atomic E-state index is 0.0708. The van der Waals surface area contributed by atoms with Crippen LogP contribution in [0.15, 0.2) is 42.5 Å². The minimum Gasteiger partial charge on any atom is -0.489 e. The van der Waals surface area contributed by atoms with Gasteiger partial charge in [0.25, 0.3) is 0 Å². The number of hydrogen-bond acceptors (Lipinski definition) is 2. The highest BCUT2D eigenvalue weighted by atomic mass is 35.5. The van der Waals surface area contributed by atoms with Crippen LogP contribution in [0.25, 0.3) is 0 Å². The van der Waals surface area contributed by atoms with Gasteiger partial charge >= 0.3 is 5.97 Å². The van der Waals surface area contributed by atoms with Crippen LogP contribution in [-0.4, -0.2) is 19.1 Å². The summed E-state index contributed by atoms with van der Waals surface area (Å²) in [7, 11) is -1.46. The number of rotatable bonds is 5. The molecule has 1 N–H and O–H groups in total. The van der Waals surface area contributed by atoms with Crippen molar-refractivity contribution in [2.75, 3.05) is 0 Å². The Hall–Kier alpha value is -2.22. The van der Waals surface area contributed by atoms with E-state index >= 15 is 0 Å². The number of carboxylic acids is 1. The molecule has 0 atom stereocenters. The van der Waals surface area contributed by atoms with Crippen LogP contribution in [0.1, 0.15) is 16.7 Å². The van der Waals surface area contributed by atoms with Crippen LogP contribution in [0.3, 0.4) is 0 Å². The fourth-order valence-electron chi connectivity index (χ4n) is 2.18. The first kappa shape index (κ1) is 19.1. The number of carbonyl (C=O) groups is 1. The molecular weight excluding hydrogens is 352 g/mol. The van der Waals surface area contributed by atoms with Crippen LogP contribution in [0, 0.1) is 11.5 Å². The number of para-hydroxylation sites is 1. The van der Waals surface area contributed by atoms with E-state index in [1.54, 1.807) is 18.2 Å². The van der Waals surface area contributed by atoms with Crippen LogP contribution < -0.4 is 4.74 Å². The lowest BCUT2D eigenvalue weighted by Crippen LogP contribution is -2.16. The highest BCUT2D eigenvalue weighted by Gasteiger charge is 2.09. The van der Waals surface area contributed by atoms with Gasteiger partial charge in [-0.15, -0.1) is 5.54 Å². The number of ether oxygens (including phenoxy) is 1. The van der Waals surface area contributed by atoms with Crippen molar-refractivity contribution in [1.82, 2.24) is 0 Å². The predicted octanol–water partition coefficient (Wildman–Crippen LogP) is 4.78. The van der Waals surface area contributed by atoms with Crippen molar-refractivity contribution >= 4 is 25.6 Å². The van der Waals surface area contributed by atoms with Gasteiger partial charge in [-0.25, -0.2) is 0 Å². The number of carboxylic acid groups (broad SMARTS) is 1. The fraction of sp³-hybridized carbons (Fsp3) is 0.250. The van der Waals surface area contributed by atoms with Crippen molar-refractivity contribution in [3.05, 3.63) is 64.2 Å². The Labute approximate surface area is 154 Å². The van der Waals surface area contributed by atoms with Gasteiger partial charge in [-0.1, -0.05) is 55.4 Å². The van der Waals surface area contributed by atoms with Crippen LogP contribution in [0.4, 0.5) is 0 Å². The topological polar surface area (TPSA) is 46.5 Å². The zero-order valence-electron chi connectivity index (χ0n) is 14.6. The molecule has 3 nitrogen and oxygen atoms in total. The molecule has 2 aromatic rings. The molecule has 2 rings (SSSR count). The molecule has 5 heteroatoms. The Bertz CT molecular complexity index is 829. The first-order chi connectivity index (χ1) is 11.7. The van der Waals surface area contributed by atoms with Gasteiger partial charge in [0, 0.05) is 16.1 Å². The lowest BCUT2D eigenvalue weighted by molar-refractivity contribution is -0.136. The Morgan fingerprint density at radius 2 is 1.92 bits per heavy atom. The summed E-state index contributed by atoms with van der Waals surface area (Å²) in [5, 5.41) is 9.60. The average Bonchev–Trinajstić information content (AvgIpc) is 2.50. The molecular formula is C20H21ClO3Si. The third-order valence-electron chi connectivity index (χ3n) is 3.25. The number of halogens is 1. The molecule has 0 radical (unpaired) electrons. The molecule has 0 aliphatic rings. The molecule has 0 bridgehead atoms. The zero-order chi connectivity index (χ0) is 18.4. The minimum atomic E-state index is -1.46. The molecule has 0 spiro atoms. The van der Waals surface area contributed by atoms with Crippen molar-refractivity contribution in [3.63, 3.8) is 0 Å². The normalized spacial score (nSPS) is 10.7. The van der Waals surface area contributed by atoms with Gasteiger partial charge in [0.2, 0.25) is 0 Å². The van der Waals surface area contributed by atoms with Crippen LogP contribution in [-0.2, 0) is 17.8 Å². The molecule has 0 aromatic heterocycles. The van der Waals surface area contributed by atoms with E-state index in [0.717, 1.165) is 11.1 Å². The number of benzene rings is 2. The summed E-state index contributed by atoms with van der Waals surface area (Å²) >= 11 is 6.19. The van der Waals surface area contributed by atoms with E-state index in [2.05, 4.69) is 31.1 Å². The Balaban J connectivity index is 2.17. The highest BCUT2D eigenvalue weighted by molar-refractivity contribution is 6.83. The summed E-state index contributed by atoms with van der Waals surface area (Å²) in [5.74, 6) is 2.88. The third-order valence-corrected chi connectivity index (χ3v) is 4.34. The van der Waals surface area contributed by atoms with E-state index in [-0.39, 0.29) is 6.42 Å². The Morgan fingerprint density at radius 3 is 2.60 bits per heavy atom. The summed E-state index contributed by atoms with van der Waals surface area (Å²) in [4.78, 5) is 11.0. The van der Waals surface area contributed by atoms with Crippen molar-refractivity contribution in [2.24, 2.45) is 0 Å². The standard InChI is InChI=1S/C20H21ClO3Si/c1-25(2,3)9-8-15-10-16(12-18(21)11-15)14-24-19-7-5-4-6-17(19)13-20(22)23/h4-7,10-12H,13-14H2,1-3H3,(H,22,23). The Morgan fingerprint density at radius 1 is 1.20 bits per heavy atom. The van der Waals surface area contributed by atoms with Crippen molar-refractivity contribution in [1.29, 1.82) is 0 Å². The third kappa shape index (κ3) is 6.65. The van der Waals surface area contributed by atoms with Crippen molar-refractivity contribution in [2.45, 2.75) is 32.7 Å². The van der Waals surface area contributed by atoms with Gasteiger partial charge < -0.3 is 9.84 Å². The molecule has 2 aromatic carbocycles. The Kier molecular flexibility index (Phi) is 6.30. The predicted molar refractivity (Wildman–Crippen MR) is 104 cm³/mol. The van der Waals surface area contributed by atoms with E-state index in [1.165, 1.54) is 0 Å². The van der Waals surface area contributed by atoms with Gasteiger partial charge in [-0.2, -0.15) is 0 Å². The van der Waals surface area contributed by atoms with E-state index < -0.39 is 14.0 Å². The summed E-state index contributed by atoms with van der Waals surface area (Å²) in [5.41, 5.74) is 5.74. The SMILES string of the molecule is C[Si](C)(C)C#Cc1cc(Cl)cc(COc2ccccc2CC(=O)O)c1. The van der Waals surface area contributed by atoms with Gasteiger partial charge in [0.15, 0.2) is 0 Å². The maximum Gasteiger partial charge on any atom is 0.307 e. The molecule has 0 aliphatic heterocycles. The molecule has 0 aliphatic carbocycles. The van der Waals surface area contributed by atoms with E-state index in [1.807, 2.05) is 24.3 Å². The molecule has 25 heavy (non-hydrogen) atoms. The van der Waals surface area contributed by atoms with Crippen molar-refractivity contribution in [3.8, 4) is 17.2 Å².